The van der Waals surface area contributed by atoms with Crippen LogP contribution in [0.1, 0.15) is 101 Å². The maximum atomic E-state index is 12.7. The number of hydrogen-bond acceptors (Lipinski definition) is 7. The largest absolute Gasteiger partial charge is 0.461 e. The minimum atomic E-state index is -0.661. The van der Waals surface area contributed by atoms with E-state index in [1.54, 1.807) is 0 Å². The molecule has 7 heteroatoms. The molecule has 0 fully saturated rings. The fraction of sp³-hybridized carbons (Fsp3) is 0.806. The fourth-order valence-corrected chi connectivity index (χ4v) is 5.47. The van der Waals surface area contributed by atoms with Gasteiger partial charge in [-0.15, -0.1) is 0 Å². The van der Waals surface area contributed by atoms with Crippen molar-refractivity contribution in [3.8, 4) is 0 Å². The minimum absolute atomic E-state index is 0.0259. The number of ether oxygens (including phenoxy) is 3. The highest BCUT2D eigenvalue weighted by atomic mass is 16.6. The van der Waals surface area contributed by atoms with Crippen LogP contribution in [-0.4, -0.2) is 57.8 Å². The Kier molecular flexibility index (Phi) is 11.6. The van der Waals surface area contributed by atoms with Crippen molar-refractivity contribution in [1.29, 1.82) is 0 Å². The van der Waals surface area contributed by atoms with Gasteiger partial charge in [-0.25, -0.2) is 0 Å². The monoisotopic (exact) mass is 536 g/mol. The average molecular weight is 537 g/mol. The molecule has 7 nitrogen and oxygen atoms in total. The average Bonchev–Trinajstić information content (AvgIpc) is 2.75. The van der Waals surface area contributed by atoms with E-state index >= 15 is 0 Å². The quantitative estimate of drug-likeness (QED) is 0.335. The summed E-state index contributed by atoms with van der Waals surface area (Å²) in [6.45, 7) is 17.3. The van der Waals surface area contributed by atoms with Gasteiger partial charge in [-0.2, -0.15) is 0 Å². The summed E-state index contributed by atoms with van der Waals surface area (Å²) < 4.78 is 17.6. The molecule has 0 radical (unpaired) electrons. The molecule has 0 bridgehead atoms. The Hall–Kier alpha value is -1.70. The van der Waals surface area contributed by atoms with E-state index < -0.39 is 35.6 Å². The lowest BCUT2D eigenvalue weighted by Gasteiger charge is -2.43. The SMILES string of the molecule is CC[C@H](C)C(=O)O[C@H]1C[C@H](O)C=C2C=C[C@H](C)[C@H](CC[C@@H](O)C[C@H](CC(=O)OC(C)(C)C)OC(C)(C)C)[C@H]21. The highest BCUT2D eigenvalue weighted by Crippen LogP contribution is 2.44. The fourth-order valence-electron chi connectivity index (χ4n) is 5.47. The van der Waals surface area contributed by atoms with Crippen LogP contribution in [0.4, 0.5) is 0 Å². The molecule has 8 atom stereocenters. The zero-order valence-electron chi connectivity index (χ0n) is 25.0. The Labute approximate surface area is 230 Å². The van der Waals surface area contributed by atoms with Crippen molar-refractivity contribution in [1.82, 2.24) is 0 Å². The van der Waals surface area contributed by atoms with Crippen molar-refractivity contribution >= 4 is 11.9 Å². The van der Waals surface area contributed by atoms with E-state index in [9.17, 15) is 19.8 Å². The predicted molar refractivity (Wildman–Crippen MR) is 148 cm³/mol. The van der Waals surface area contributed by atoms with Gasteiger partial charge in [-0.1, -0.05) is 39.0 Å². The maximum Gasteiger partial charge on any atom is 0.308 e. The lowest BCUT2D eigenvalue weighted by Crippen LogP contribution is -2.43. The van der Waals surface area contributed by atoms with Gasteiger partial charge in [0, 0.05) is 18.8 Å². The van der Waals surface area contributed by atoms with Gasteiger partial charge in [0.05, 0.1) is 36.3 Å². The number of fused-ring (bicyclic) bond motifs is 1. The van der Waals surface area contributed by atoms with Gasteiger partial charge in [0.15, 0.2) is 0 Å². The number of esters is 2. The molecule has 0 aliphatic heterocycles. The van der Waals surface area contributed by atoms with Gasteiger partial charge in [0.2, 0.25) is 0 Å². The van der Waals surface area contributed by atoms with Gasteiger partial charge in [0.25, 0.3) is 0 Å². The Morgan fingerprint density at radius 3 is 2.37 bits per heavy atom. The second-order valence-corrected chi connectivity index (χ2v) is 13.3. The summed E-state index contributed by atoms with van der Waals surface area (Å²) >= 11 is 0. The highest BCUT2D eigenvalue weighted by Gasteiger charge is 2.42. The third kappa shape index (κ3) is 10.5. The molecular weight excluding hydrogens is 484 g/mol. The molecule has 0 unspecified atom stereocenters. The van der Waals surface area contributed by atoms with Crippen molar-refractivity contribution in [2.75, 3.05) is 0 Å². The molecule has 2 rings (SSSR count). The highest BCUT2D eigenvalue weighted by molar-refractivity contribution is 5.72. The van der Waals surface area contributed by atoms with Crippen LogP contribution in [-0.2, 0) is 23.8 Å². The number of carbonyl (C=O) groups excluding carboxylic acids is 2. The number of rotatable bonds is 11. The first-order chi connectivity index (χ1) is 17.5. The minimum Gasteiger partial charge on any atom is -0.461 e. The molecule has 0 spiro atoms. The smallest absolute Gasteiger partial charge is 0.308 e. The van der Waals surface area contributed by atoms with Crippen molar-refractivity contribution in [3.63, 3.8) is 0 Å². The van der Waals surface area contributed by atoms with Crippen LogP contribution in [0.3, 0.4) is 0 Å². The molecule has 0 heterocycles. The van der Waals surface area contributed by atoms with Gasteiger partial charge >= 0.3 is 11.9 Å². The van der Waals surface area contributed by atoms with E-state index in [-0.39, 0.29) is 42.0 Å². The third-order valence-corrected chi connectivity index (χ3v) is 7.36. The Balaban J connectivity index is 2.11. The second-order valence-electron chi connectivity index (χ2n) is 13.3. The first kappa shape index (κ1) is 32.5. The van der Waals surface area contributed by atoms with E-state index in [1.165, 1.54) is 0 Å². The first-order valence-electron chi connectivity index (χ1n) is 14.3. The lowest BCUT2D eigenvalue weighted by atomic mass is 9.66. The van der Waals surface area contributed by atoms with Gasteiger partial charge < -0.3 is 24.4 Å². The molecule has 0 aromatic heterocycles. The van der Waals surface area contributed by atoms with Crippen molar-refractivity contribution < 1.29 is 34.0 Å². The number of aliphatic hydroxyl groups excluding tert-OH is 2. The summed E-state index contributed by atoms with van der Waals surface area (Å²) in [4.78, 5) is 25.2. The van der Waals surface area contributed by atoms with E-state index in [4.69, 9.17) is 14.2 Å². The second kappa shape index (κ2) is 13.6. The van der Waals surface area contributed by atoms with Gasteiger partial charge in [-0.05, 0) is 78.2 Å². The number of carbonyl (C=O) groups is 2. The Bertz CT molecular complexity index is 847. The summed E-state index contributed by atoms with van der Waals surface area (Å²) in [5, 5.41) is 21.5. The van der Waals surface area contributed by atoms with E-state index in [1.807, 2.05) is 67.5 Å². The van der Waals surface area contributed by atoms with Crippen LogP contribution in [0.15, 0.2) is 23.8 Å². The van der Waals surface area contributed by atoms with Crippen molar-refractivity contribution in [2.45, 2.75) is 136 Å². The van der Waals surface area contributed by atoms with Crippen LogP contribution in [0.2, 0.25) is 0 Å². The topological polar surface area (TPSA) is 102 Å². The summed E-state index contributed by atoms with van der Waals surface area (Å²) in [5.74, 6) is -0.406. The normalized spacial score (nSPS) is 28.1. The molecule has 2 N–H and O–H groups in total. The molecule has 38 heavy (non-hydrogen) atoms. The zero-order valence-corrected chi connectivity index (χ0v) is 25.0. The number of hydrogen-bond donors (Lipinski definition) is 2. The molecule has 0 aromatic rings. The summed E-state index contributed by atoms with van der Waals surface area (Å²) in [7, 11) is 0. The van der Waals surface area contributed by atoms with E-state index in [2.05, 4.69) is 13.0 Å². The Morgan fingerprint density at radius 2 is 1.79 bits per heavy atom. The number of aliphatic hydroxyl groups is 2. The van der Waals surface area contributed by atoms with Crippen LogP contribution >= 0.6 is 0 Å². The summed E-state index contributed by atoms with van der Waals surface area (Å²) in [6, 6.07) is 0. The molecule has 0 saturated heterocycles. The molecule has 2 aliphatic rings. The van der Waals surface area contributed by atoms with Gasteiger partial charge in [-0.3, -0.25) is 9.59 Å². The van der Waals surface area contributed by atoms with Crippen LogP contribution in [0, 0.1) is 23.7 Å². The molecule has 0 aromatic carbocycles. The van der Waals surface area contributed by atoms with Crippen LogP contribution in [0.5, 0.6) is 0 Å². The third-order valence-electron chi connectivity index (χ3n) is 7.36. The molecule has 218 valence electrons. The summed E-state index contributed by atoms with van der Waals surface area (Å²) in [5.41, 5.74) is -0.0488. The molecule has 2 aliphatic carbocycles. The zero-order chi connectivity index (χ0) is 28.8. The molecule has 0 amide bonds. The summed E-state index contributed by atoms with van der Waals surface area (Å²) in [6.07, 6.45) is 6.62. The van der Waals surface area contributed by atoms with E-state index in [0.717, 1.165) is 12.0 Å². The first-order valence-corrected chi connectivity index (χ1v) is 14.3. The lowest BCUT2D eigenvalue weighted by molar-refractivity contribution is -0.162. The standard InChI is InChI=1S/C31H52O7/c1-10-19(2)29(35)36-26-17-23(33)15-21-12-11-20(3)25(28(21)26)14-13-22(32)16-24(37-30(4,5)6)18-27(34)38-31(7,8)9/h11-12,15,19-20,22-26,28,32-33H,10,13-14,16-18H2,1-9H3/t19-,20-,22+,23+,24+,25-,26-,28-/m0/s1. The van der Waals surface area contributed by atoms with Crippen molar-refractivity contribution in [2.24, 2.45) is 23.7 Å². The van der Waals surface area contributed by atoms with Crippen LogP contribution in [0.25, 0.3) is 0 Å². The van der Waals surface area contributed by atoms with E-state index in [0.29, 0.717) is 25.7 Å². The molecular formula is C31H52O7. The number of allylic oxidation sites excluding steroid dienone is 2. The van der Waals surface area contributed by atoms with Crippen molar-refractivity contribution in [3.05, 3.63) is 23.8 Å². The van der Waals surface area contributed by atoms with Gasteiger partial charge in [0.1, 0.15) is 11.7 Å². The molecule has 0 saturated carbocycles. The van der Waals surface area contributed by atoms with Crippen LogP contribution < -0.4 is 0 Å². The predicted octanol–water partition coefficient (Wildman–Crippen LogP) is 5.52. The Morgan fingerprint density at radius 1 is 1.13 bits per heavy atom. The maximum absolute atomic E-state index is 12.7.